The van der Waals surface area contributed by atoms with Crippen LogP contribution in [0.5, 0.6) is 0 Å². The van der Waals surface area contributed by atoms with Crippen LogP contribution in [-0.2, 0) is 10.0 Å². The fourth-order valence-corrected chi connectivity index (χ4v) is 4.28. The molecule has 7 heteroatoms. The predicted molar refractivity (Wildman–Crippen MR) is 87.7 cm³/mol. The van der Waals surface area contributed by atoms with Crippen molar-refractivity contribution in [3.63, 3.8) is 0 Å². The lowest BCUT2D eigenvalue weighted by atomic mass is 10.1. The van der Waals surface area contributed by atoms with Crippen molar-refractivity contribution in [1.82, 2.24) is 4.72 Å². The van der Waals surface area contributed by atoms with E-state index in [0.717, 1.165) is 12.8 Å². The molecule has 1 aromatic rings. The molecule has 2 rings (SSSR count). The first-order chi connectivity index (χ1) is 9.30. The molecule has 1 saturated carbocycles. The molecule has 1 aromatic carbocycles. The van der Waals surface area contributed by atoms with Gasteiger partial charge in [-0.15, -0.1) is 0 Å². The zero-order valence-electron chi connectivity index (χ0n) is 11.5. The summed E-state index contributed by atoms with van der Waals surface area (Å²) >= 11 is 6.62. The molecule has 0 spiro atoms. The van der Waals surface area contributed by atoms with Crippen LogP contribution in [0.3, 0.4) is 0 Å². The number of nitrogens with one attached hydrogen (secondary N) is 1. The molecule has 0 aliphatic heterocycles. The van der Waals surface area contributed by atoms with Gasteiger partial charge in [0.1, 0.15) is 4.99 Å². The molecular formula is C13H18N2O2S3. The molecule has 0 atom stereocenters. The summed E-state index contributed by atoms with van der Waals surface area (Å²) in [5.41, 5.74) is 6.82. The number of benzene rings is 1. The first-order valence-corrected chi connectivity index (χ1v) is 9.37. The highest BCUT2D eigenvalue weighted by Crippen LogP contribution is 2.46. The van der Waals surface area contributed by atoms with E-state index in [1.165, 1.54) is 0 Å². The van der Waals surface area contributed by atoms with Crippen molar-refractivity contribution in [2.75, 3.05) is 12.8 Å². The van der Waals surface area contributed by atoms with Gasteiger partial charge in [0.2, 0.25) is 10.0 Å². The molecule has 1 aliphatic carbocycles. The van der Waals surface area contributed by atoms with Crippen LogP contribution >= 0.6 is 24.0 Å². The fourth-order valence-electron chi connectivity index (χ4n) is 1.94. The molecule has 0 saturated heterocycles. The van der Waals surface area contributed by atoms with E-state index in [0.29, 0.717) is 17.7 Å². The van der Waals surface area contributed by atoms with E-state index < -0.39 is 10.0 Å². The highest BCUT2D eigenvalue weighted by molar-refractivity contribution is 8.00. The Bertz CT molecular complexity index is 637. The molecule has 1 aliphatic rings. The predicted octanol–water partition coefficient (Wildman–Crippen LogP) is 1.80. The standard InChI is InChI=1S/C13H18N2O2S3/c1-9-3-4-10(12(14)18)7-11(9)20(16,17)15-8-13(19-2)5-6-13/h3-4,7,15H,5-6,8H2,1-2H3,(H2,14,18). The molecule has 3 N–H and O–H groups in total. The first-order valence-electron chi connectivity index (χ1n) is 6.25. The third-order valence-electron chi connectivity index (χ3n) is 3.59. The molecule has 0 aromatic heterocycles. The van der Waals surface area contributed by atoms with Crippen LogP contribution in [-0.4, -0.2) is 31.0 Å². The topological polar surface area (TPSA) is 72.2 Å². The Morgan fingerprint density at radius 1 is 1.50 bits per heavy atom. The maximum absolute atomic E-state index is 12.4. The van der Waals surface area contributed by atoms with Gasteiger partial charge < -0.3 is 5.73 Å². The fraction of sp³-hybridized carbons (Fsp3) is 0.462. The van der Waals surface area contributed by atoms with E-state index in [9.17, 15) is 8.42 Å². The number of thioether (sulfide) groups is 1. The summed E-state index contributed by atoms with van der Waals surface area (Å²) in [6.07, 6.45) is 4.13. The molecule has 0 amide bonds. The van der Waals surface area contributed by atoms with E-state index >= 15 is 0 Å². The number of nitrogens with two attached hydrogens (primary N) is 1. The number of sulfonamides is 1. The lowest BCUT2D eigenvalue weighted by Gasteiger charge is -2.15. The molecule has 0 radical (unpaired) electrons. The molecular weight excluding hydrogens is 312 g/mol. The second-order valence-electron chi connectivity index (χ2n) is 5.06. The summed E-state index contributed by atoms with van der Waals surface area (Å²) in [5.74, 6) is 0. The van der Waals surface area contributed by atoms with Gasteiger partial charge in [0.15, 0.2) is 0 Å². The normalized spacial score (nSPS) is 16.9. The van der Waals surface area contributed by atoms with Gasteiger partial charge in [0.05, 0.1) is 4.90 Å². The highest BCUT2D eigenvalue weighted by Gasteiger charge is 2.42. The number of aryl methyl sites for hydroxylation is 1. The van der Waals surface area contributed by atoms with Crippen LogP contribution in [0.15, 0.2) is 23.1 Å². The number of hydrogen-bond acceptors (Lipinski definition) is 4. The van der Waals surface area contributed by atoms with E-state index in [1.807, 2.05) is 6.26 Å². The molecule has 20 heavy (non-hydrogen) atoms. The molecule has 110 valence electrons. The van der Waals surface area contributed by atoms with Gasteiger partial charge in [-0.05, 0) is 37.7 Å². The third kappa shape index (κ3) is 3.33. The van der Waals surface area contributed by atoms with Crippen LogP contribution in [0.4, 0.5) is 0 Å². The van der Waals surface area contributed by atoms with Crippen molar-refractivity contribution < 1.29 is 8.42 Å². The van der Waals surface area contributed by atoms with Gasteiger partial charge in [0, 0.05) is 16.9 Å². The highest BCUT2D eigenvalue weighted by atomic mass is 32.2. The smallest absolute Gasteiger partial charge is 0.240 e. The maximum atomic E-state index is 12.4. The quantitative estimate of drug-likeness (QED) is 0.778. The zero-order valence-corrected chi connectivity index (χ0v) is 13.9. The number of rotatable bonds is 6. The Kier molecular flexibility index (Phi) is 4.44. The van der Waals surface area contributed by atoms with Gasteiger partial charge in [-0.2, -0.15) is 11.8 Å². The lowest BCUT2D eigenvalue weighted by Crippen LogP contribution is -2.32. The molecule has 0 bridgehead atoms. The van der Waals surface area contributed by atoms with Gasteiger partial charge in [-0.3, -0.25) is 0 Å². The lowest BCUT2D eigenvalue weighted by molar-refractivity contribution is 0.579. The number of hydrogen-bond donors (Lipinski definition) is 2. The van der Waals surface area contributed by atoms with Gasteiger partial charge in [-0.25, -0.2) is 13.1 Å². The minimum Gasteiger partial charge on any atom is -0.389 e. The van der Waals surface area contributed by atoms with E-state index in [2.05, 4.69) is 4.72 Å². The molecule has 4 nitrogen and oxygen atoms in total. The van der Waals surface area contributed by atoms with Crippen molar-refractivity contribution in [3.8, 4) is 0 Å². The van der Waals surface area contributed by atoms with Crippen molar-refractivity contribution in [2.45, 2.75) is 29.4 Å². The van der Waals surface area contributed by atoms with Crippen molar-refractivity contribution in [1.29, 1.82) is 0 Å². The summed E-state index contributed by atoms with van der Waals surface area (Å²) in [4.78, 5) is 0.448. The van der Waals surface area contributed by atoms with Crippen LogP contribution in [0.1, 0.15) is 24.0 Å². The monoisotopic (exact) mass is 330 g/mol. The second-order valence-corrected chi connectivity index (χ2v) is 8.51. The minimum atomic E-state index is -3.53. The van der Waals surface area contributed by atoms with Gasteiger partial charge >= 0.3 is 0 Å². The molecule has 0 heterocycles. The summed E-state index contributed by atoms with van der Waals surface area (Å²) in [6.45, 7) is 2.23. The first kappa shape index (κ1) is 15.8. The Hall–Kier alpha value is -0.630. The summed E-state index contributed by atoms with van der Waals surface area (Å²) in [5, 5.41) is 0. The van der Waals surface area contributed by atoms with E-state index in [-0.39, 0.29) is 14.6 Å². The van der Waals surface area contributed by atoms with Crippen LogP contribution < -0.4 is 10.5 Å². The van der Waals surface area contributed by atoms with Crippen LogP contribution in [0.25, 0.3) is 0 Å². The van der Waals surface area contributed by atoms with Crippen LogP contribution in [0.2, 0.25) is 0 Å². The van der Waals surface area contributed by atoms with Crippen molar-refractivity contribution in [3.05, 3.63) is 29.3 Å². The average molecular weight is 331 g/mol. The summed E-state index contributed by atoms with van der Waals surface area (Å²) in [6, 6.07) is 5.00. The maximum Gasteiger partial charge on any atom is 0.240 e. The molecule has 1 fully saturated rings. The zero-order chi connectivity index (χ0) is 15.0. The molecule has 0 unspecified atom stereocenters. The van der Waals surface area contributed by atoms with Gasteiger partial charge in [0.25, 0.3) is 0 Å². The Morgan fingerprint density at radius 3 is 2.65 bits per heavy atom. The summed E-state index contributed by atoms with van der Waals surface area (Å²) in [7, 11) is -3.53. The largest absolute Gasteiger partial charge is 0.389 e. The second kappa shape index (κ2) is 5.63. The average Bonchev–Trinajstić information content (AvgIpc) is 3.17. The Balaban J connectivity index is 2.24. The van der Waals surface area contributed by atoms with Gasteiger partial charge in [-0.1, -0.05) is 24.4 Å². The van der Waals surface area contributed by atoms with Crippen molar-refractivity contribution >= 4 is 39.0 Å². The number of thiocarbonyl (C=S) groups is 1. The Morgan fingerprint density at radius 2 is 2.15 bits per heavy atom. The van der Waals surface area contributed by atoms with E-state index in [1.54, 1.807) is 36.9 Å². The van der Waals surface area contributed by atoms with Crippen LogP contribution in [0, 0.1) is 6.92 Å². The minimum absolute atomic E-state index is 0.0851. The summed E-state index contributed by atoms with van der Waals surface area (Å²) < 4.78 is 27.6. The van der Waals surface area contributed by atoms with Crippen molar-refractivity contribution in [2.24, 2.45) is 5.73 Å². The Labute approximate surface area is 129 Å². The van der Waals surface area contributed by atoms with E-state index in [4.69, 9.17) is 18.0 Å². The SMILES string of the molecule is CSC1(CNS(=O)(=O)c2cc(C(N)=S)ccc2C)CC1. The third-order valence-corrected chi connectivity index (χ3v) is 6.78.